The molecule has 0 fully saturated rings. The number of H-pyrrole nitrogens is 1. The standard InChI is InChI=1S/C14H15N3O3S/c1-17(11-13-9-15-16-10-13)21(19,20)14-6-2-4-12(8-14)5-3-7-18/h2,4,6,8-10,18H,7,11H2,1H3,(H,15,16). The van der Waals surface area contributed by atoms with Crippen LogP contribution in [-0.4, -0.2) is 41.7 Å². The van der Waals surface area contributed by atoms with Crippen LogP contribution in [0.5, 0.6) is 0 Å². The van der Waals surface area contributed by atoms with Crippen LogP contribution < -0.4 is 0 Å². The maximum absolute atomic E-state index is 12.5. The molecule has 2 N–H and O–H groups in total. The predicted octanol–water partition coefficient (Wildman–Crippen LogP) is 0.574. The Morgan fingerprint density at radius 1 is 1.43 bits per heavy atom. The molecule has 6 nitrogen and oxygen atoms in total. The van der Waals surface area contributed by atoms with Gasteiger partial charge in [-0.3, -0.25) is 5.10 Å². The maximum atomic E-state index is 12.5. The fourth-order valence-corrected chi connectivity index (χ4v) is 2.97. The third-order valence-electron chi connectivity index (χ3n) is 2.81. The summed E-state index contributed by atoms with van der Waals surface area (Å²) in [6.07, 6.45) is 3.23. The fraction of sp³-hybridized carbons (Fsp3) is 0.214. The molecule has 0 spiro atoms. The lowest BCUT2D eigenvalue weighted by molar-refractivity contribution is 0.350. The minimum Gasteiger partial charge on any atom is -0.384 e. The van der Waals surface area contributed by atoms with Gasteiger partial charge in [-0.1, -0.05) is 17.9 Å². The summed E-state index contributed by atoms with van der Waals surface area (Å²) in [5, 5.41) is 15.1. The number of rotatable bonds is 4. The third kappa shape index (κ3) is 3.70. The van der Waals surface area contributed by atoms with E-state index in [1.165, 1.54) is 23.5 Å². The number of benzene rings is 1. The number of nitrogens with one attached hydrogen (secondary N) is 1. The molecule has 0 unspecified atom stereocenters. The van der Waals surface area contributed by atoms with Gasteiger partial charge in [-0.05, 0) is 18.2 Å². The zero-order chi connectivity index (χ0) is 15.3. The molecule has 0 bridgehead atoms. The number of hydrogen-bond donors (Lipinski definition) is 2. The molecule has 1 aromatic heterocycles. The molecular weight excluding hydrogens is 290 g/mol. The number of aromatic nitrogens is 2. The molecule has 0 saturated carbocycles. The summed E-state index contributed by atoms with van der Waals surface area (Å²) in [6, 6.07) is 6.33. The first-order chi connectivity index (χ1) is 10.0. The molecule has 0 aliphatic rings. The number of nitrogens with zero attached hydrogens (tertiary/aromatic N) is 2. The van der Waals surface area contributed by atoms with Gasteiger partial charge in [-0.15, -0.1) is 0 Å². The Hall–Kier alpha value is -2.14. The molecule has 0 aliphatic carbocycles. The highest BCUT2D eigenvalue weighted by molar-refractivity contribution is 7.89. The molecule has 7 heteroatoms. The second-order valence-electron chi connectivity index (χ2n) is 4.36. The van der Waals surface area contributed by atoms with Crippen molar-refractivity contribution in [3.05, 3.63) is 47.8 Å². The third-order valence-corrected chi connectivity index (χ3v) is 4.61. The molecule has 0 radical (unpaired) electrons. The van der Waals surface area contributed by atoms with Crippen molar-refractivity contribution in [2.45, 2.75) is 11.4 Å². The van der Waals surface area contributed by atoms with Crippen molar-refractivity contribution in [3.8, 4) is 11.8 Å². The van der Waals surface area contributed by atoms with Crippen LogP contribution in [0.4, 0.5) is 0 Å². The first-order valence-corrected chi connectivity index (χ1v) is 7.62. The molecule has 0 aliphatic heterocycles. The average Bonchev–Trinajstić information content (AvgIpc) is 2.98. The molecule has 1 heterocycles. The predicted molar refractivity (Wildman–Crippen MR) is 77.6 cm³/mol. The van der Waals surface area contributed by atoms with Gasteiger partial charge in [0.1, 0.15) is 6.61 Å². The van der Waals surface area contributed by atoms with Crippen LogP contribution in [0, 0.1) is 11.8 Å². The van der Waals surface area contributed by atoms with Gasteiger partial charge in [0.25, 0.3) is 0 Å². The SMILES string of the molecule is CN(Cc1cn[nH]c1)S(=O)(=O)c1cccc(C#CCO)c1. The summed E-state index contributed by atoms with van der Waals surface area (Å²) in [5.41, 5.74) is 1.32. The lowest BCUT2D eigenvalue weighted by atomic mass is 10.2. The van der Waals surface area contributed by atoms with E-state index in [1.54, 1.807) is 24.5 Å². The van der Waals surface area contributed by atoms with E-state index in [0.29, 0.717) is 5.56 Å². The molecule has 1 aromatic carbocycles. The Morgan fingerprint density at radius 2 is 2.24 bits per heavy atom. The largest absolute Gasteiger partial charge is 0.384 e. The van der Waals surface area contributed by atoms with Crippen molar-refractivity contribution in [2.75, 3.05) is 13.7 Å². The normalized spacial score (nSPS) is 11.2. The molecular formula is C14H15N3O3S. The molecule has 2 rings (SSSR count). The Morgan fingerprint density at radius 3 is 2.90 bits per heavy atom. The van der Waals surface area contributed by atoms with E-state index in [9.17, 15) is 8.42 Å². The van der Waals surface area contributed by atoms with Gasteiger partial charge < -0.3 is 5.11 Å². The van der Waals surface area contributed by atoms with Crippen LogP contribution in [0.1, 0.15) is 11.1 Å². The van der Waals surface area contributed by atoms with Gasteiger partial charge in [0.2, 0.25) is 10.0 Å². The van der Waals surface area contributed by atoms with E-state index in [4.69, 9.17) is 5.11 Å². The zero-order valence-corrected chi connectivity index (χ0v) is 12.3. The highest BCUT2D eigenvalue weighted by Gasteiger charge is 2.21. The van der Waals surface area contributed by atoms with E-state index in [-0.39, 0.29) is 18.0 Å². The first kappa shape index (κ1) is 15.3. The van der Waals surface area contributed by atoms with Gasteiger partial charge in [-0.2, -0.15) is 9.40 Å². The Kier molecular flexibility index (Phi) is 4.75. The van der Waals surface area contributed by atoms with Crippen LogP contribution in [0.3, 0.4) is 0 Å². The van der Waals surface area contributed by atoms with Crippen molar-refractivity contribution in [1.29, 1.82) is 0 Å². The average molecular weight is 305 g/mol. The van der Waals surface area contributed by atoms with E-state index in [1.807, 2.05) is 0 Å². The smallest absolute Gasteiger partial charge is 0.243 e. The Balaban J connectivity index is 2.26. The summed E-state index contributed by atoms with van der Waals surface area (Å²) < 4.78 is 26.2. The molecule has 0 atom stereocenters. The maximum Gasteiger partial charge on any atom is 0.243 e. The number of sulfonamides is 1. The number of aromatic amines is 1. The van der Waals surface area contributed by atoms with Crippen LogP contribution in [0.15, 0.2) is 41.6 Å². The van der Waals surface area contributed by atoms with Crippen molar-refractivity contribution in [3.63, 3.8) is 0 Å². The lowest BCUT2D eigenvalue weighted by Crippen LogP contribution is -2.26. The summed E-state index contributed by atoms with van der Waals surface area (Å²) in [6.45, 7) is -0.0389. The summed E-state index contributed by atoms with van der Waals surface area (Å²) >= 11 is 0. The molecule has 0 saturated heterocycles. The van der Waals surface area contributed by atoms with Gasteiger partial charge in [0, 0.05) is 30.9 Å². The van der Waals surface area contributed by atoms with Crippen molar-refractivity contribution < 1.29 is 13.5 Å². The van der Waals surface area contributed by atoms with Crippen LogP contribution in [0.2, 0.25) is 0 Å². The Bertz CT molecular complexity index is 758. The summed E-state index contributed by atoms with van der Waals surface area (Å²) in [7, 11) is -2.09. The number of aliphatic hydroxyl groups is 1. The van der Waals surface area contributed by atoms with E-state index < -0.39 is 10.0 Å². The first-order valence-electron chi connectivity index (χ1n) is 6.18. The zero-order valence-electron chi connectivity index (χ0n) is 11.4. The van der Waals surface area contributed by atoms with Crippen LogP contribution >= 0.6 is 0 Å². The highest BCUT2D eigenvalue weighted by Crippen LogP contribution is 2.17. The van der Waals surface area contributed by atoms with E-state index >= 15 is 0 Å². The monoisotopic (exact) mass is 305 g/mol. The van der Waals surface area contributed by atoms with Crippen molar-refractivity contribution in [2.24, 2.45) is 0 Å². The number of aliphatic hydroxyl groups excluding tert-OH is 1. The van der Waals surface area contributed by atoms with E-state index in [0.717, 1.165) is 5.56 Å². The van der Waals surface area contributed by atoms with Gasteiger partial charge in [0.15, 0.2) is 0 Å². The quantitative estimate of drug-likeness (QED) is 0.809. The summed E-state index contributed by atoms with van der Waals surface area (Å²) in [5.74, 6) is 5.19. The van der Waals surface area contributed by atoms with E-state index in [2.05, 4.69) is 22.0 Å². The second kappa shape index (κ2) is 6.54. The number of hydrogen-bond acceptors (Lipinski definition) is 4. The van der Waals surface area contributed by atoms with Gasteiger partial charge in [0.05, 0.1) is 11.1 Å². The highest BCUT2D eigenvalue weighted by atomic mass is 32.2. The van der Waals surface area contributed by atoms with Crippen molar-refractivity contribution in [1.82, 2.24) is 14.5 Å². The van der Waals surface area contributed by atoms with Crippen LogP contribution in [-0.2, 0) is 16.6 Å². The molecule has 110 valence electrons. The lowest BCUT2D eigenvalue weighted by Gasteiger charge is -2.16. The fourth-order valence-electron chi connectivity index (χ4n) is 1.76. The van der Waals surface area contributed by atoms with Crippen LogP contribution in [0.25, 0.3) is 0 Å². The molecule has 21 heavy (non-hydrogen) atoms. The second-order valence-corrected chi connectivity index (χ2v) is 6.40. The molecule has 0 amide bonds. The topological polar surface area (TPSA) is 86.3 Å². The minimum atomic E-state index is -3.60. The Labute approximate surface area is 123 Å². The molecule has 2 aromatic rings. The minimum absolute atomic E-state index is 0.165. The van der Waals surface area contributed by atoms with Gasteiger partial charge >= 0.3 is 0 Å². The van der Waals surface area contributed by atoms with Crippen molar-refractivity contribution >= 4 is 10.0 Å². The van der Waals surface area contributed by atoms with Gasteiger partial charge in [-0.25, -0.2) is 8.42 Å². The summed E-state index contributed by atoms with van der Waals surface area (Å²) in [4.78, 5) is 0.165.